The van der Waals surface area contributed by atoms with Gasteiger partial charge in [0.2, 0.25) is 23.6 Å². The Kier molecular flexibility index (Phi) is 25.6. The smallest absolute Gasteiger partial charge is 0.419 e. The summed E-state index contributed by atoms with van der Waals surface area (Å²) in [6.07, 6.45) is -0.681. The maximum absolute atomic E-state index is 15.5. The highest BCUT2D eigenvalue weighted by Crippen LogP contribution is 2.49. The molecule has 0 radical (unpaired) electrons. The second-order valence-corrected chi connectivity index (χ2v) is 29.9. The summed E-state index contributed by atoms with van der Waals surface area (Å²) in [5.41, 5.74) is 4.12. The van der Waals surface area contributed by atoms with Gasteiger partial charge in [-0.2, -0.15) is 0 Å². The van der Waals surface area contributed by atoms with Crippen LogP contribution in [0.2, 0.25) is 0 Å². The third kappa shape index (κ3) is 21.3. The number of aliphatic carboxylic acids is 1. The lowest BCUT2D eigenvalue weighted by atomic mass is 9.84. The van der Waals surface area contributed by atoms with Gasteiger partial charge in [0.15, 0.2) is 0 Å². The predicted octanol–water partition coefficient (Wildman–Crippen LogP) is 11.9. The lowest BCUT2D eigenvalue weighted by molar-refractivity contribution is -0.142. The van der Waals surface area contributed by atoms with E-state index in [1.54, 1.807) is 107 Å². The van der Waals surface area contributed by atoms with E-state index in [1.807, 2.05) is 140 Å². The van der Waals surface area contributed by atoms with Crippen LogP contribution in [-0.2, 0) is 58.8 Å². The van der Waals surface area contributed by atoms with E-state index in [4.69, 9.17) is 23.7 Å². The molecule has 0 unspecified atom stereocenters. The van der Waals surface area contributed by atoms with Gasteiger partial charge in [-0.05, 0) is 153 Å². The summed E-state index contributed by atoms with van der Waals surface area (Å²) in [5, 5.41) is 27.9. The molecule has 100 heavy (non-hydrogen) atoms. The zero-order chi connectivity index (χ0) is 72.6. The number of unbranched alkanes of at least 4 members (excludes halogenated alkanes) is 1. The number of carboxylic acids is 1. The van der Waals surface area contributed by atoms with E-state index >= 15 is 14.4 Å². The minimum absolute atomic E-state index is 0.0641. The number of carbonyl (C=O) groups is 8. The number of hydrogen-bond acceptors (Lipinski definition) is 14. The number of thioether (sulfide) groups is 1. The fourth-order valence-corrected chi connectivity index (χ4v) is 13.2. The maximum Gasteiger partial charge on any atom is 0.419 e. The average Bonchev–Trinajstić information content (AvgIpc) is 0.877. The number of carbonyl (C=O) groups excluding carboxylic acids is 7. The Morgan fingerprint density at radius 1 is 0.480 bits per heavy atom. The normalized spacial score (nSPS) is 14.0. The van der Waals surface area contributed by atoms with Crippen LogP contribution in [0.1, 0.15) is 142 Å². The number of rotatable bonds is 29. The van der Waals surface area contributed by atoms with Crippen molar-refractivity contribution in [1.82, 2.24) is 36.5 Å². The quantitative estimate of drug-likeness (QED) is 0.0130. The first-order valence-electron chi connectivity index (χ1n) is 33.7. The Morgan fingerprint density at radius 3 is 1.41 bits per heavy atom. The zero-order valence-electron chi connectivity index (χ0n) is 59.1. The first kappa shape index (κ1) is 76.2. The van der Waals surface area contributed by atoms with E-state index in [9.17, 15) is 29.1 Å². The molecule has 1 heterocycles. The number of fused-ring (bicyclic) bond motifs is 4. The van der Waals surface area contributed by atoms with Gasteiger partial charge in [-0.25, -0.2) is 19.2 Å². The molecule has 22 heteroatoms. The minimum atomic E-state index is -1.60. The lowest BCUT2D eigenvalue weighted by Gasteiger charge is -2.36. The highest BCUT2D eigenvalue weighted by Gasteiger charge is 2.41. The molecule has 0 aliphatic heterocycles. The molecule has 6 amide bonds. The Hall–Kier alpha value is -9.51. The van der Waals surface area contributed by atoms with Gasteiger partial charge in [-0.15, -0.1) is 11.8 Å². The second kappa shape index (κ2) is 33.6. The number of amides is 6. The summed E-state index contributed by atoms with van der Waals surface area (Å²) < 4.78 is 29.9. The van der Waals surface area contributed by atoms with Crippen LogP contribution in [0.15, 0.2) is 170 Å². The molecule has 1 aliphatic rings. The molecule has 0 bridgehead atoms. The number of nitrogens with zero attached hydrogens (tertiary/aromatic N) is 1. The minimum Gasteiger partial charge on any atom is -0.480 e. The van der Waals surface area contributed by atoms with Crippen molar-refractivity contribution in [1.29, 1.82) is 0 Å². The monoisotopic (exact) mass is 1390 g/mol. The standard InChI is InChI=1S/C78H95N7O14S/c1-74(2,3)96-47-62(67(87)80-60(41-28-29-43-79-71(92)98-76(7,8)9)66(86)81-61(70(90)91)44-50-45-85(73(94)99-77(10,11)12)65-42-27-26-36-54(50)65)82-68(88)63(48-97-75(4,5)6)83-69(89)64(84-72(93)95-46-59-57-39-24-22-37-55(57)56-38-23-25-40-58(56)59)49-100-78(51-30-16-13-17-31-51,52-32-18-14-19-33-52)53-34-20-15-21-35-53/h13-27,30-40,42,45,59-64H,28-29,41,43-44,46-49H2,1-12H3,(H,79,92)(H,80,87)(H,81,86)(H,82,88)(H,83,89)(H,84,93)(H,90,91)/t60-,61-,62-,63-,64-/m0/s1. The van der Waals surface area contributed by atoms with Crippen molar-refractivity contribution in [2.45, 2.75) is 172 Å². The number of benzene rings is 6. The van der Waals surface area contributed by atoms with Gasteiger partial charge < -0.3 is 60.7 Å². The Bertz CT molecular complexity index is 3830. The zero-order valence-corrected chi connectivity index (χ0v) is 59.9. The molecule has 0 fully saturated rings. The molecule has 5 atom stereocenters. The van der Waals surface area contributed by atoms with E-state index < -0.39 is 118 Å². The van der Waals surface area contributed by atoms with Crippen LogP contribution >= 0.6 is 11.8 Å². The van der Waals surface area contributed by atoms with Crippen LogP contribution in [0.5, 0.6) is 0 Å². The van der Waals surface area contributed by atoms with Gasteiger partial charge in [0, 0.05) is 36.2 Å². The van der Waals surface area contributed by atoms with E-state index in [2.05, 4.69) is 31.9 Å². The topological polar surface area (TPSA) is 280 Å². The number of nitrogens with one attached hydrogen (secondary N) is 6. The molecule has 0 saturated carbocycles. The number of hydrogen-bond donors (Lipinski definition) is 7. The average molecular weight is 1390 g/mol. The molecular formula is C78H95N7O14S. The van der Waals surface area contributed by atoms with Crippen LogP contribution < -0.4 is 31.9 Å². The van der Waals surface area contributed by atoms with Gasteiger partial charge >= 0.3 is 24.2 Å². The number of carboxylic acid groups (broad SMARTS) is 1. The van der Waals surface area contributed by atoms with Crippen molar-refractivity contribution >= 4 is 70.5 Å². The summed E-state index contributed by atoms with van der Waals surface area (Å²) in [6.45, 7) is 20.0. The molecule has 8 rings (SSSR count). The fraction of sp³-hybridized carbons (Fsp3) is 0.410. The van der Waals surface area contributed by atoms with Crippen molar-refractivity contribution in [3.05, 3.63) is 203 Å². The molecule has 6 aromatic carbocycles. The molecule has 7 N–H and O–H groups in total. The molecule has 0 spiro atoms. The van der Waals surface area contributed by atoms with Crippen molar-refractivity contribution < 1.29 is 67.1 Å². The molecular weight excluding hydrogens is 1290 g/mol. The SMILES string of the molecule is CC(C)(C)OC[C@H](NC(=O)[C@H](CSC(c1ccccc1)(c1ccccc1)c1ccccc1)NC(=O)OCC1c2ccccc2-c2ccccc21)C(=O)N[C@@H](COC(C)(C)C)C(=O)N[C@@H](CCCCNC(=O)OC(C)(C)C)C(=O)N[C@@H](Cc1cn(C(=O)OC(C)(C)C)c2ccccc12)C(=O)O. The Morgan fingerprint density at radius 2 is 0.920 bits per heavy atom. The Balaban J connectivity index is 1.09. The molecule has 7 aromatic rings. The number of aromatic nitrogens is 1. The predicted molar refractivity (Wildman–Crippen MR) is 386 cm³/mol. The van der Waals surface area contributed by atoms with Crippen LogP contribution in [-0.4, -0.2) is 142 Å². The van der Waals surface area contributed by atoms with Crippen molar-refractivity contribution in [3.63, 3.8) is 0 Å². The summed E-state index contributed by atoms with van der Waals surface area (Å²) in [4.78, 5) is 114. The summed E-state index contributed by atoms with van der Waals surface area (Å²) in [6, 6.07) is 44.5. The second-order valence-electron chi connectivity index (χ2n) is 28.7. The highest BCUT2D eigenvalue weighted by atomic mass is 32.2. The largest absolute Gasteiger partial charge is 0.480 e. The molecule has 532 valence electrons. The van der Waals surface area contributed by atoms with E-state index in [-0.39, 0.29) is 50.5 Å². The summed E-state index contributed by atoms with van der Waals surface area (Å²) in [7, 11) is 0. The first-order valence-corrected chi connectivity index (χ1v) is 34.7. The molecule has 1 aromatic heterocycles. The number of para-hydroxylation sites is 1. The number of ether oxygens (including phenoxy) is 5. The lowest BCUT2D eigenvalue weighted by Crippen LogP contribution is -2.61. The first-order chi connectivity index (χ1) is 47.3. The van der Waals surface area contributed by atoms with Gasteiger partial charge in [0.05, 0.1) is 34.7 Å². The van der Waals surface area contributed by atoms with Crippen molar-refractivity contribution in [2.24, 2.45) is 0 Å². The van der Waals surface area contributed by atoms with Gasteiger partial charge in [0.1, 0.15) is 48.0 Å². The van der Waals surface area contributed by atoms with E-state index in [0.29, 0.717) is 16.5 Å². The van der Waals surface area contributed by atoms with Crippen molar-refractivity contribution in [3.8, 4) is 11.1 Å². The van der Waals surface area contributed by atoms with E-state index in [1.165, 1.54) is 22.5 Å². The summed E-state index contributed by atoms with van der Waals surface area (Å²) >= 11 is 1.40. The summed E-state index contributed by atoms with van der Waals surface area (Å²) in [5.74, 6) is -5.33. The van der Waals surface area contributed by atoms with Gasteiger partial charge in [-0.1, -0.05) is 158 Å². The van der Waals surface area contributed by atoms with Crippen LogP contribution in [0.25, 0.3) is 22.0 Å². The third-order valence-corrected chi connectivity index (χ3v) is 17.9. The molecule has 0 saturated heterocycles. The molecule has 1 aliphatic carbocycles. The van der Waals surface area contributed by atoms with Gasteiger partial charge in [0.25, 0.3) is 0 Å². The van der Waals surface area contributed by atoms with Gasteiger partial charge in [-0.3, -0.25) is 23.7 Å². The highest BCUT2D eigenvalue weighted by molar-refractivity contribution is 8.00. The molecule has 21 nitrogen and oxygen atoms in total. The number of alkyl carbamates (subject to hydrolysis) is 2. The fourth-order valence-electron chi connectivity index (χ4n) is 11.6. The van der Waals surface area contributed by atoms with Crippen LogP contribution in [0.4, 0.5) is 14.4 Å². The van der Waals surface area contributed by atoms with Crippen molar-refractivity contribution in [2.75, 3.05) is 32.1 Å². The van der Waals surface area contributed by atoms with Crippen LogP contribution in [0.3, 0.4) is 0 Å². The maximum atomic E-state index is 15.5. The van der Waals surface area contributed by atoms with Crippen LogP contribution in [0, 0.1) is 0 Å². The third-order valence-electron chi connectivity index (χ3n) is 16.2. The Labute approximate surface area is 589 Å². The van der Waals surface area contributed by atoms with E-state index in [0.717, 1.165) is 38.9 Å².